The lowest BCUT2D eigenvalue weighted by atomic mass is 10.0. The largest absolute Gasteiger partial charge is 0.341 e. The van der Waals surface area contributed by atoms with Gasteiger partial charge in [0, 0.05) is 25.0 Å². The molecule has 2 rings (SSSR count). The number of nitrogens with zero attached hydrogens (tertiary/aromatic N) is 1. The highest BCUT2D eigenvalue weighted by Gasteiger charge is 2.20. The van der Waals surface area contributed by atoms with E-state index in [4.69, 9.17) is 11.6 Å². The van der Waals surface area contributed by atoms with Gasteiger partial charge in [-0.25, -0.2) is 0 Å². The summed E-state index contributed by atoms with van der Waals surface area (Å²) in [5.74, 6) is 0.690. The van der Waals surface area contributed by atoms with Crippen molar-refractivity contribution < 1.29 is 4.79 Å². The van der Waals surface area contributed by atoms with Crippen LogP contribution in [0.25, 0.3) is 0 Å². The van der Waals surface area contributed by atoms with E-state index in [-0.39, 0.29) is 5.91 Å². The van der Waals surface area contributed by atoms with Crippen LogP contribution in [-0.2, 0) is 11.3 Å². The monoisotopic (exact) mass is 266 g/mol. The summed E-state index contributed by atoms with van der Waals surface area (Å²) in [6.45, 7) is 2.58. The van der Waals surface area contributed by atoms with E-state index in [9.17, 15) is 4.79 Å². The second kappa shape index (κ2) is 6.21. The van der Waals surface area contributed by atoms with Crippen molar-refractivity contribution in [2.45, 2.75) is 19.4 Å². The average molecular weight is 267 g/mol. The van der Waals surface area contributed by atoms with Crippen molar-refractivity contribution in [1.29, 1.82) is 0 Å². The zero-order chi connectivity index (χ0) is 13.0. The van der Waals surface area contributed by atoms with Gasteiger partial charge in [-0.05, 0) is 37.1 Å². The molecule has 3 nitrogen and oxygen atoms in total. The fourth-order valence-electron chi connectivity index (χ4n) is 2.26. The maximum atomic E-state index is 12.1. The Morgan fingerprint density at radius 1 is 1.50 bits per heavy atom. The van der Waals surface area contributed by atoms with E-state index in [0.29, 0.717) is 18.9 Å². The van der Waals surface area contributed by atoms with Crippen molar-refractivity contribution in [3.63, 3.8) is 0 Å². The summed E-state index contributed by atoms with van der Waals surface area (Å²) >= 11 is 6.10. The molecule has 4 heteroatoms. The highest BCUT2D eigenvalue weighted by atomic mass is 35.5. The van der Waals surface area contributed by atoms with Gasteiger partial charge in [0.2, 0.25) is 5.91 Å². The minimum atomic E-state index is 0.198. The van der Waals surface area contributed by atoms with Gasteiger partial charge in [0.05, 0.1) is 0 Å². The van der Waals surface area contributed by atoms with Crippen molar-refractivity contribution in [1.82, 2.24) is 10.2 Å². The molecule has 1 amide bonds. The number of carbonyl (C=O) groups is 1. The second-order valence-corrected chi connectivity index (χ2v) is 5.31. The number of amides is 1. The van der Waals surface area contributed by atoms with Crippen molar-refractivity contribution in [2.24, 2.45) is 5.92 Å². The highest BCUT2D eigenvalue weighted by Crippen LogP contribution is 2.18. The molecule has 18 heavy (non-hydrogen) atoms. The molecule has 0 aromatic heterocycles. The van der Waals surface area contributed by atoms with Crippen LogP contribution in [0.1, 0.15) is 18.4 Å². The molecule has 1 heterocycles. The molecule has 0 radical (unpaired) electrons. The first-order valence-corrected chi connectivity index (χ1v) is 6.72. The summed E-state index contributed by atoms with van der Waals surface area (Å²) in [6.07, 6.45) is 1.74. The highest BCUT2D eigenvalue weighted by molar-refractivity contribution is 6.31. The van der Waals surface area contributed by atoms with Crippen molar-refractivity contribution in [2.75, 3.05) is 20.1 Å². The SMILES string of the molecule is CN(Cc1ccccc1Cl)C(=O)C[C@H]1CCNC1. The van der Waals surface area contributed by atoms with Gasteiger partial charge in [0.1, 0.15) is 0 Å². The van der Waals surface area contributed by atoms with Crippen LogP contribution in [0.2, 0.25) is 5.02 Å². The molecular formula is C14H19ClN2O. The molecule has 0 bridgehead atoms. The molecule has 98 valence electrons. The maximum absolute atomic E-state index is 12.1. The summed E-state index contributed by atoms with van der Waals surface area (Å²) in [5, 5.41) is 4.01. The van der Waals surface area contributed by atoms with Gasteiger partial charge >= 0.3 is 0 Å². The Morgan fingerprint density at radius 2 is 2.28 bits per heavy atom. The third-order valence-corrected chi connectivity index (χ3v) is 3.79. The Morgan fingerprint density at radius 3 is 2.94 bits per heavy atom. The predicted octanol–water partition coefficient (Wildman–Crippen LogP) is 2.30. The Bertz CT molecular complexity index is 416. The first-order chi connectivity index (χ1) is 8.66. The van der Waals surface area contributed by atoms with Gasteiger partial charge in [-0.2, -0.15) is 0 Å². The van der Waals surface area contributed by atoms with Crippen LogP contribution in [0.15, 0.2) is 24.3 Å². The van der Waals surface area contributed by atoms with Crippen LogP contribution in [0, 0.1) is 5.92 Å². The lowest BCUT2D eigenvalue weighted by Crippen LogP contribution is -2.28. The first kappa shape index (κ1) is 13.4. The molecule has 1 fully saturated rings. The van der Waals surface area contributed by atoms with Crippen LogP contribution in [0.4, 0.5) is 0 Å². The molecule has 1 N–H and O–H groups in total. The van der Waals surface area contributed by atoms with Gasteiger partial charge in [-0.15, -0.1) is 0 Å². The van der Waals surface area contributed by atoms with Crippen LogP contribution in [-0.4, -0.2) is 30.9 Å². The standard InChI is InChI=1S/C14H19ClN2O/c1-17(10-12-4-2-3-5-13(12)15)14(18)8-11-6-7-16-9-11/h2-5,11,16H,6-10H2,1H3/t11-/m1/s1. The molecule has 1 aliphatic heterocycles. The number of benzene rings is 1. The minimum absolute atomic E-state index is 0.198. The van der Waals surface area contributed by atoms with E-state index in [0.717, 1.165) is 30.1 Å². The number of nitrogens with one attached hydrogen (secondary N) is 1. The fraction of sp³-hybridized carbons (Fsp3) is 0.500. The van der Waals surface area contributed by atoms with Crippen LogP contribution in [0.3, 0.4) is 0 Å². The lowest BCUT2D eigenvalue weighted by molar-refractivity contribution is -0.131. The van der Waals surface area contributed by atoms with E-state index >= 15 is 0 Å². The third kappa shape index (κ3) is 3.47. The van der Waals surface area contributed by atoms with Crippen molar-refractivity contribution in [3.8, 4) is 0 Å². The van der Waals surface area contributed by atoms with Gasteiger partial charge in [0.25, 0.3) is 0 Å². The molecule has 0 aliphatic carbocycles. The number of carbonyl (C=O) groups excluding carboxylic acids is 1. The number of rotatable bonds is 4. The van der Waals surface area contributed by atoms with E-state index in [1.807, 2.05) is 31.3 Å². The Balaban J connectivity index is 1.89. The van der Waals surface area contributed by atoms with E-state index in [1.165, 1.54) is 0 Å². The predicted molar refractivity (Wildman–Crippen MR) is 73.5 cm³/mol. The summed E-state index contributed by atoms with van der Waals surface area (Å²) < 4.78 is 0. The molecular weight excluding hydrogens is 248 g/mol. The average Bonchev–Trinajstić information content (AvgIpc) is 2.84. The molecule has 1 aliphatic rings. The third-order valence-electron chi connectivity index (χ3n) is 3.42. The normalized spacial score (nSPS) is 18.9. The number of hydrogen-bond acceptors (Lipinski definition) is 2. The zero-order valence-corrected chi connectivity index (χ0v) is 11.4. The molecule has 0 spiro atoms. The molecule has 1 aromatic rings. The minimum Gasteiger partial charge on any atom is -0.341 e. The zero-order valence-electron chi connectivity index (χ0n) is 10.7. The quantitative estimate of drug-likeness (QED) is 0.907. The van der Waals surface area contributed by atoms with Crippen molar-refractivity contribution in [3.05, 3.63) is 34.9 Å². The van der Waals surface area contributed by atoms with E-state index in [1.54, 1.807) is 4.90 Å². The van der Waals surface area contributed by atoms with E-state index < -0.39 is 0 Å². The second-order valence-electron chi connectivity index (χ2n) is 4.90. The number of halogens is 1. The topological polar surface area (TPSA) is 32.3 Å². The molecule has 1 atom stereocenters. The van der Waals surface area contributed by atoms with Gasteiger partial charge in [-0.3, -0.25) is 4.79 Å². The summed E-state index contributed by atoms with van der Waals surface area (Å²) in [7, 11) is 1.84. The van der Waals surface area contributed by atoms with Gasteiger partial charge in [-0.1, -0.05) is 29.8 Å². The summed E-state index contributed by atoms with van der Waals surface area (Å²) in [5.41, 5.74) is 1.000. The van der Waals surface area contributed by atoms with E-state index in [2.05, 4.69) is 5.32 Å². The van der Waals surface area contributed by atoms with Gasteiger partial charge < -0.3 is 10.2 Å². The van der Waals surface area contributed by atoms with Crippen LogP contribution < -0.4 is 5.32 Å². The maximum Gasteiger partial charge on any atom is 0.222 e. The van der Waals surface area contributed by atoms with Crippen LogP contribution >= 0.6 is 11.6 Å². The molecule has 0 unspecified atom stereocenters. The van der Waals surface area contributed by atoms with Crippen LogP contribution in [0.5, 0.6) is 0 Å². The number of hydrogen-bond donors (Lipinski definition) is 1. The Hall–Kier alpha value is -1.06. The summed E-state index contributed by atoms with van der Waals surface area (Å²) in [6, 6.07) is 7.66. The van der Waals surface area contributed by atoms with Gasteiger partial charge in [0.15, 0.2) is 0 Å². The molecule has 1 saturated heterocycles. The fourth-order valence-corrected chi connectivity index (χ4v) is 2.46. The lowest BCUT2D eigenvalue weighted by Gasteiger charge is -2.19. The van der Waals surface area contributed by atoms with Crippen molar-refractivity contribution >= 4 is 17.5 Å². The first-order valence-electron chi connectivity index (χ1n) is 6.35. The Labute approximate surface area is 113 Å². The summed E-state index contributed by atoms with van der Waals surface area (Å²) in [4.78, 5) is 13.8. The smallest absolute Gasteiger partial charge is 0.222 e. The Kier molecular flexibility index (Phi) is 4.61. The molecule has 1 aromatic carbocycles. The molecule has 0 saturated carbocycles.